The Morgan fingerprint density at radius 2 is 1.62 bits per heavy atom. The van der Waals surface area contributed by atoms with Gasteiger partial charge in [-0.2, -0.15) is 0 Å². The van der Waals surface area contributed by atoms with Crippen molar-refractivity contribution in [2.75, 3.05) is 33.2 Å². The van der Waals surface area contributed by atoms with Gasteiger partial charge in [0.2, 0.25) is 5.91 Å². The molecule has 2 N–H and O–H groups in total. The molecule has 0 unspecified atom stereocenters. The second-order valence-electron chi connectivity index (χ2n) is 5.31. The Morgan fingerprint density at radius 3 is 2.19 bits per heavy atom. The zero-order chi connectivity index (χ0) is 11.6. The van der Waals surface area contributed by atoms with E-state index >= 15 is 0 Å². The molecule has 0 radical (unpaired) electrons. The second kappa shape index (κ2) is 4.72. The predicted octanol–water partition coefficient (Wildman–Crippen LogP) is 0.422. The van der Waals surface area contributed by atoms with Gasteiger partial charge in [-0.25, -0.2) is 0 Å². The Kier molecular flexibility index (Phi) is 3.50. The molecule has 1 amide bonds. The lowest BCUT2D eigenvalue weighted by Crippen LogP contribution is -2.59. The van der Waals surface area contributed by atoms with Crippen molar-refractivity contribution in [1.82, 2.24) is 9.80 Å². The molecule has 2 fully saturated rings. The molecule has 0 aromatic carbocycles. The topological polar surface area (TPSA) is 49.6 Å². The predicted molar refractivity (Wildman–Crippen MR) is 64.1 cm³/mol. The van der Waals surface area contributed by atoms with Crippen molar-refractivity contribution in [3.63, 3.8) is 0 Å². The van der Waals surface area contributed by atoms with E-state index in [1.165, 1.54) is 6.42 Å². The first kappa shape index (κ1) is 11.9. The lowest BCUT2D eigenvalue weighted by Gasteiger charge is -2.40. The summed E-state index contributed by atoms with van der Waals surface area (Å²) < 4.78 is 0. The van der Waals surface area contributed by atoms with Crippen LogP contribution in [0.15, 0.2) is 0 Å². The van der Waals surface area contributed by atoms with Crippen molar-refractivity contribution in [2.45, 2.75) is 37.6 Å². The van der Waals surface area contributed by atoms with Gasteiger partial charge in [-0.15, -0.1) is 0 Å². The number of carbonyl (C=O) groups excluding carboxylic acids is 1. The average Bonchev–Trinajstić information content (AvgIpc) is 2.30. The molecule has 1 saturated heterocycles. The van der Waals surface area contributed by atoms with Crippen molar-refractivity contribution in [3.8, 4) is 0 Å². The van der Waals surface area contributed by atoms with Crippen LogP contribution in [0.3, 0.4) is 0 Å². The number of hydrogen-bond donors (Lipinski definition) is 1. The molecule has 1 aliphatic carbocycles. The Labute approximate surface area is 97.8 Å². The monoisotopic (exact) mass is 225 g/mol. The molecule has 0 spiro atoms. The van der Waals surface area contributed by atoms with E-state index in [2.05, 4.69) is 11.9 Å². The molecule has 0 aromatic heterocycles. The molecule has 4 heteroatoms. The summed E-state index contributed by atoms with van der Waals surface area (Å²) in [6.07, 6.45) is 5.19. The minimum absolute atomic E-state index is 0.195. The van der Waals surface area contributed by atoms with Gasteiger partial charge in [0.1, 0.15) is 0 Å². The number of nitrogens with two attached hydrogens (primary N) is 1. The summed E-state index contributed by atoms with van der Waals surface area (Å²) >= 11 is 0. The van der Waals surface area contributed by atoms with E-state index in [1.54, 1.807) is 0 Å². The molecule has 4 nitrogen and oxygen atoms in total. The number of rotatable bonds is 1. The maximum atomic E-state index is 12.4. The molecule has 2 aliphatic rings. The molecular formula is C12H23N3O. The summed E-state index contributed by atoms with van der Waals surface area (Å²) in [5.74, 6) is 0.195. The lowest BCUT2D eigenvalue weighted by atomic mass is 9.81. The van der Waals surface area contributed by atoms with Crippen molar-refractivity contribution in [2.24, 2.45) is 5.73 Å². The Balaban J connectivity index is 1.95. The van der Waals surface area contributed by atoms with Gasteiger partial charge in [0.15, 0.2) is 0 Å². The molecule has 1 heterocycles. The van der Waals surface area contributed by atoms with Crippen molar-refractivity contribution in [3.05, 3.63) is 0 Å². The molecule has 0 bridgehead atoms. The molecule has 16 heavy (non-hydrogen) atoms. The smallest absolute Gasteiger partial charge is 0.242 e. The third kappa shape index (κ3) is 2.38. The summed E-state index contributed by atoms with van der Waals surface area (Å²) in [6.45, 7) is 3.63. The zero-order valence-corrected chi connectivity index (χ0v) is 10.2. The number of amides is 1. The van der Waals surface area contributed by atoms with Crippen LogP contribution >= 0.6 is 0 Å². The Bertz CT molecular complexity index is 253. The van der Waals surface area contributed by atoms with E-state index in [-0.39, 0.29) is 5.91 Å². The van der Waals surface area contributed by atoms with Gasteiger partial charge < -0.3 is 15.5 Å². The third-order valence-corrected chi connectivity index (χ3v) is 3.96. The van der Waals surface area contributed by atoms with Crippen LogP contribution in [0.1, 0.15) is 32.1 Å². The van der Waals surface area contributed by atoms with E-state index in [4.69, 9.17) is 5.73 Å². The van der Waals surface area contributed by atoms with Gasteiger partial charge in [-0.3, -0.25) is 4.79 Å². The highest BCUT2D eigenvalue weighted by molar-refractivity contribution is 5.86. The van der Waals surface area contributed by atoms with Crippen molar-refractivity contribution >= 4 is 5.91 Å². The van der Waals surface area contributed by atoms with Crippen LogP contribution in [0, 0.1) is 0 Å². The van der Waals surface area contributed by atoms with E-state index < -0.39 is 5.54 Å². The summed E-state index contributed by atoms with van der Waals surface area (Å²) in [7, 11) is 2.10. The van der Waals surface area contributed by atoms with Gasteiger partial charge in [0.25, 0.3) is 0 Å². The van der Waals surface area contributed by atoms with Gasteiger partial charge in [-0.1, -0.05) is 19.3 Å². The summed E-state index contributed by atoms with van der Waals surface area (Å²) in [6, 6.07) is 0. The van der Waals surface area contributed by atoms with Crippen molar-refractivity contribution < 1.29 is 4.79 Å². The number of nitrogens with zero attached hydrogens (tertiary/aromatic N) is 2. The molecule has 2 rings (SSSR count). The first-order valence-corrected chi connectivity index (χ1v) is 6.39. The lowest BCUT2D eigenvalue weighted by molar-refractivity contribution is -0.139. The first-order chi connectivity index (χ1) is 7.62. The third-order valence-electron chi connectivity index (χ3n) is 3.96. The number of hydrogen-bond acceptors (Lipinski definition) is 3. The maximum absolute atomic E-state index is 12.4. The molecular weight excluding hydrogens is 202 g/mol. The fourth-order valence-electron chi connectivity index (χ4n) is 2.72. The maximum Gasteiger partial charge on any atom is 0.242 e. The number of carbonyl (C=O) groups is 1. The molecule has 0 atom stereocenters. The van der Waals surface area contributed by atoms with E-state index in [0.717, 1.165) is 51.9 Å². The largest absolute Gasteiger partial charge is 0.339 e. The van der Waals surface area contributed by atoms with Crippen LogP contribution < -0.4 is 5.73 Å². The molecule has 1 aliphatic heterocycles. The molecule has 92 valence electrons. The highest BCUT2D eigenvalue weighted by atomic mass is 16.2. The van der Waals surface area contributed by atoms with Crippen LogP contribution in [0.4, 0.5) is 0 Å². The van der Waals surface area contributed by atoms with Crippen molar-refractivity contribution in [1.29, 1.82) is 0 Å². The Morgan fingerprint density at radius 1 is 1.06 bits per heavy atom. The second-order valence-corrected chi connectivity index (χ2v) is 5.31. The molecule has 1 saturated carbocycles. The van der Waals surface area contributed by atoms with E-state index in [1.807, 2.05) is 4.90 Å². The highest BCUT2D eigenvalue weighted by Crippen LogP contribution is 2.27. The van der Waals surface area contributed by atoms with Crippen LogP contribution in [-0.4, -0.2) is 54.5 Å². The minimum atomic E-state index is -0.547. The van der Waals surface area contributed by atoms with Crippen LogP contribution in [0.5, 0.6) is 0 Å². The van der Waals surface area contributed by atoms with E-state index in [9.17, 15) is 4.79 Å². The van der Waals surface area contributed by atoms with Crippen LogP contribution in [0.25, 0.3) is 0 Å². The average molecular weight is 225 g/mol. The van der Waals surface area contributed by atoms with Gasteiger partial charge in [-0.05, 0) is 19.9 Å². The summed E-state index contributed by atoms with van der Waals surface area (Å²) in [5.41, 5.74) is 5.72. The first-order valence-electron chi connectivity index (χ1n) is 6.39. The summed E-state index contributed by atoms with van der Waals surface area (Å²) in [5, 5.41) is 0. The van der Waals surface area contributed by atoms with Gasteiger partial charge >= 0.3 is 0 Å². The fraction of sp³-hybridized carbons (Fsp3) is 0.917. The quantitative estimate of drug-likeness (QED) is 0.704. The van der Waals surface area contributed by atoms with Crippen LogP contribution in [0.2, 0.25) is 0 Å². The number of likely N-dealkylation sites (N-methyl/N-ethyl adjacent to an activating group) is 1. The zero-order valence-electron chi connectivity index (χ0n) is 10.2. The van der Waals surface area contributed by atoms with Crippen LogP contribution in [-0.2, 0) is 4.79 Å². The van der Waals surface area contributed by atoms with E-state index in [0.29, 0.717) is 0 Å². The Hall–Kier alpha value is -0.610. The SMILES string of the molecule is CN1CCN(C(=O)C2(N)CCCCC2)CC1. The van der Waals surface area contributed by atoms with Gasteiger partial charge in [0.05, 0.1) is 5.54 Å². The normalized spacial score (nSPS) is 26.8. The minimum Gasteiger partial charge on any atom is -0.339 e. The van der Waals surface area contributed by atoms with Gasteiger partial charge in [0, 0.05) is 26.2 Å². The highest BCUT2D eigenvalue weighted by Gasteiger charge is 2.38. The standard InChI is InChI=1S/C12H23N3O/c1-14-7-9-15(10-8-14)11(16)12(13)5-3-2-4-6-12/h2-10,13H2,1H3. The molecule has 0 aromatic rings. The number of piperazine rings is 1. The summed E-state index contributed by atoms with van der Waals surface area (Å²) in [4.78, 5) is 16.6. The fourth-order valence-corrected chi connectivity index (χ4v) is 2.72.